The minimum atomic E-state index is 0.520. The lowest BCUT2D eigenvalue weighted by atomic mass is 10.6. The van der Waals surface area contributed by atoms with Crippen molar-refractivity contribution in [3.05, 3.63) is 12.1 Å². The van der Waals surface area contributed by atoms with E-state index in [0.717, 1.165) is 23.3 Å². The van der Waals surface area contributed by atoms with Crippen molar-refractivity contribution in [1.29, 1.82) is 0 Å². The van der Waals surface area contributed by atoms with E-state index in [-0.39, 0.29) is 0 Å². The second-order valence-corrected chi connectivity index (χ2v) is 5.40. The summed E-state index contributed by atoms with van der Waals surface area (Å²) in [5, 5.41) is 1.65. The van der Waals surface area contributed by atoms with E-state index in [1.54, 1.807) is 0 Å². The number of rotatable bonds is 16. The van der Waals surface area contributed by atoms with Gasteiger partial charge in [-0.05, 0) is 26.0 Å². The van der Waals surface area contributed by atoms with Crippen LogP contribution in [0, 0.1) is 0 Å². The van der Waals surface area contributed by atoms with Gasteiger partial charge in [-0.3, -0.25) is 0 Å². The molecular weight excluding hydrogens is 320 g/mol. The SMILES string of the molecule is CCOCCOCCOc1ccc(OCCOCCOCC)s1. The van der Waals surface area contributed by atoms with Crippen LogP contribution in [0.5, 0.6) is 10.1 Å². The average molecular weight is 348 g/mol. The normalized spacial score (nSPS) is 10.9. The molecule has 0 bridgehead atoms. The summed E-state index contributed by atoms with van der Waals surface area (Å²) in [6.07, 6.45) is 0. The van der Waals surface area contributed by atoms with Gasteiger partial charge in [-0.15, -0.1) is 0 Å². The summed E-state index contributed by atoms with van der Waals surface area (Å²) in [6, 6.07) is 3.80. The standard InChI is InChI=1S/C16H28O6S/c1-3-17-7-9-19-11-13-21-15-5-6-16(23-15)22-14-12-20-10-8-18-4-2/h5-6H,3-4,7-14H2,1-2H3. The molecule has 134 valence electrons. The predicted octanol–water partition coefficient (Wildman–Crippen LogP) is 2.61. The van der Waals surface area contributed by atoms with Crippen molar-refractivity contribution in [1.82, 2.24) is 0 Å². The number of thiophene rings is 1. The van der Waals surface area contributed by atoms with Crippen LogP contribution in [0.25, 0.3) is 0 Å². The van der Waals surface area contributed by atoms with Crippen molar-refractivity contribution in [3.8, 4) is 10.1 Å². The summed E-state index contributed by atoms with van der Waals surface area (Å²) in [5.74, 6) is 0. The lowest BCUT2D eigenvalue weighted by Crippen LogP contribution is -2.10. The molecule has 23 heavy (non-hydrogen) atoms. The summed E-state index contributed by atoms with van der Waals surface area (Å²) in [6.45, 7) is 9.95. The molecule has 1 aromatic rings. The first kappa shape index (κ1) is 20.2. The van der Waals surface area contributed by atoms with Gasteiger partial charge in [0.05, 0.1) is 39.6 Å². The molecule has 0 amide bonds. The Labute approximate surface area is 142 Å². The van der Waals surface area contributed by atoms with Gasteiger partial charge in [-0.1, -0.05) is 11.3 Å². The highest BCUT2D eigenvalue weighted by Crippen LogP contribution is 2.30. The van der Waals surface area contributed by atoms with E-state index in [0.29, 0.717) is 52.9 Å². The van der Waals surface area contributed by atoms with E-state index < -0.39 is 0 Å². The topological polar surface area (TPSA) is 55.4 Å². The Morgan fingerprint density at radius 3 is 1.43 bits per heavy atom. The first-order valence-corrected chi connectivity index (χ1v) is 8.84. The molecule has 1 aromatic heterocycles. The molecule has 7 heteroatoms. The third-order valence-electron chi connectivity index (χ3n) is 2.65. The summed E-state index contributed by atoms with van der Waals surface area (Å²) in [4.78, 5) is 0. The fourth-order valence-electron chi connectivity index (χ4n) is 1.59. The predicted molar refractivity (Wildman–Crippen MR) is 89.9 cm³/mol. The quantitative estimate of drug-likeness (QED) is 0.428. The van der Waals surface area contributed by atoms with Gasteiger partial charge in [0.25, 0.3) is 0 Å². The molecule has 0 aliphatic rings. The molecule has 6 nitrogen and oxygen atoms in total. The Hall–Kier alpha value is -0.860. The van der Waals surface area contributed by atoms with Crippen LogP contribution in [0.3, 0.4) is 0 Å². The molecule has 0 aromatic carbocycles. The van der Waals surface area contributed by atoms with Gasteiger partial charge in [0.15, 0.2) is 10.1 Å². The number of hydrogen-bond acceptors (Lipinski definition) is 7. The molecule has 0 saturated heterocycles. The molecule has 0 spiro atoms. The van der Waals surface area contributed by atoms with Crippen LogP contribution < -0.4 is 9.47 Å². The van der Waals surface area contributed by atoms with E-state index >= 15 is 0 Å². The molecule has 0 radical (unpaired) electrons. The first-order valence-electron chi connectivity index (χ1n) is 8.03. The largest absolute Gasteiger partial charge is 0.481 e. The maximum atomic E-state index is 5.59. The fourth-order valence-corrected chi connectivity index (χ4v) is 2.34. The lowest BCUT2D eigenvalue weighted by Gasteiger charge is -2.06. The van der Waals surface area contributed by atoms with Crippen molar-refractivity contribution in [2.75, 3.05) is 66.1 Å². The van der Waals surface area contributed by atoms with Gasteiger partial charge in [0, 0.05) is 13.2 Å². The minimum absolute atomic E-state index is 0.520. The zero-order valence-electron chi connectivity index (χ0n) is 14.1. The zero-order valence-corrected chi connectivity index (χ0v) is 14.9. The molecule has 0 fully saturated rings. The van der Waals surface area contributed by atoms with Crippen molar-refractivity contribution in [2.24, 2.45) is 0 Å². The number of ether oxygens (including phenoxy) is 6. The van der Waals surface area contributed by atoms with Gasteiger partial charge in [-0.25, -0.2) is 0 Å². The van der Waals surface area contributed by atoms with Crippen LogP contribution in [-0.4, -0.2) is 66.1 Å². The van der Waals surface area contributed by atoms with Crippen LogP contribution >= 0.6 is 11.3 Å². The second-order valence-electron chi connectivity index (χ2n) is 4.39. The van der Waals surface area contributed by atoms with E-state index in [9.17, 15) is 0 Å². The van der Waals surface area contributed by atoms with Crippen molar-refractivity contribution >= 4 is 11.3 Å². The first-order chi connectivity index (χ1) is 11.4. The summed E-state index contributed by atoms with van der Waals surface area (Å²) < 4.78 is 32.3. The molecule has 0 atom stereocenters. The van der Waals surface area contributed by atoms with Crippen LogP contribution in [0.4, 0.5) is 0 Å². The maximum Gasteiger partial charge on any atom is 0.177 e. The monoisotopic (exact) mass is 348 g/mol. The number of hydrogen-bond donors (Lipinski definition) is 0. The maximum absolute atomic E-state index is 5.59. The molecule has 0 aliphatic carbocycles. The third-order valence-corrected chi connectivity index (χ3v) is 3.56. The van der Waals surface area contributed by atoms with Gasteiger partial charge in [0.1, 0.15) is 13.2 Å². The molecule has 1 rings (SSSR count). The van der Waals surface area contributed by atoms with E-state index in [1.807, 2.05) is 26.0 Å². The smallest absolute Gasteiger partial charge is 0.177 e. The highest BCUT2D eigenvalue weighted by molar-refractivity contribution is 7.15. The summed E-state index contributed by atoms with van der Waals surface area (Å²) in [5.41, 5.74) is 0. The highest BCUT2D eigenvalue weighted by Gasteiger charge is 2.02. The average Bonchev–Trinajstić information content (AvgIpc) is 3.01. The summed E-state index contributed by atoms with van der Waals surface area (Å²) >= 11 is 1.47. The Balaban J connectivity index is 1.97. The summed E-state index contributed by atoms with van der Waals surface area (Å²) in [7, 11) is 0. The third kappa shape index (κ3) is 11.3. The Kier molecular flexibility index (Phi) is 12.9. The molecule has 0 saturated carbocycles. The van der Waals surface area contributed by atoms with Crippen molar-refractivity contribution < 1.29 is 28.4 Å². The van der Waals surface area contributed by atoms with Crippen LogP contribution in [-0.2, 0) is 18.9 Å². The minimum Gasteiger partial charge on any atom is -0.481 e. The molecule has 0 unspecified atom stereocenters. The van der Waals surface area contributed by atoms with Gasteiger partial charge in [-0.2, -0.15) is 0 Å². The molecular formula is C16H28O6S. The van der Waals surface area contributed by atoms with E-state index in [2.05, 4.69) is 0 Å². The molecule has 1 heterocycles. The van der Waals surface area contributed by atoms with Crippen molar-refractivity contribution in [2.45, 2.75) is 13.8 Å². The zero-order chi connectivity index (χ0) is 16.6. The van der Waals surface area contributed by atoms with Crippen LogP contribution in [0.1, 0.15) is 13.8 Å². The van der Waals surface area contributed by atoms with Crippen molar-refractivity contribution in [3.63, 3.8) is 0 Å². The Bertz CT molecular complexity index is 339. The van der Waals surface area contributed by atoms with Gasteiger partial charge < -0.3 is 28.4 Å². The van der Waals surface area contributed by atoms with E-state index in [4.69, 9.17) is 28.4 Å². The Morgan fingerprint density at radius 1 is 0.609 bits per heavy atom. The Morgan fingerprint density at radius 2 is 1.00 bits per heavy atom. The van der Waals surface area contributed by atoms with Crippen LogP contribution in [0.15, 0.2) is 12.1 Å². The molecule has 0 N–H and O–H groups in total. The lowest BCUT2D eigenvalue weighted by molar-refractivity contribution is 0.0408. The molecule has 0 aliphatic heterocycles. The second kappa shape index (κ2) is 14.7. The highest BCUT2D eigenvalue weighted by atomic mass is 32.1. The van der Waals surface area contributed by atoms with E-state index in [1.165, 1.54) is 11.3 Å². The van der Waals surface area contributed by atoms with Crippen LogP contribution in [0.2, 0.25) is 0 Å². The van der Waals surface area contributed by atoms with Gasteiger partial charge in [0.2, 0.25) is 0 Å². The van der Waals surface area contributed by atoms with Gasteiger partial charge >= 0.3 is 0 Å². The fraction of sp³-hybridized carbons (Fsp3) is 0.750.